The third-order valence-corrected chi connectivity index (χ3v) is 6.84. The topological polar surface area (TPSA) is 100 Å². The van der Waals surface area contributed by atoms with Gasteiger partial charge in [0.2, 0.25) is 10.0 Å². The van der Waals surface area contributed by atoms with Crippen LogP contribution >= 0.6 is 0 Å². The largest absolute Gasteiger partial charge is 0.367 e. The molecule has 0 atom stereocenters. The highest BCUT2D eigenvalue weighted by molar-refractivity contribution is 7.89. The van der Waals surface area contributed by atoms with Crippen molar-refractivity contribution in [1.82, 2.24) is 19.7 Å². The maximum absolute atomic E-state index is 12.3. The van der Waals surface area contributed by atoms with Crippen molar-refractivity contribution in [3.63, 3.8) is 0 Å². The lowest BCUT2D eigenvalue weighted by atomic mass is 10.0. The molecular formula is C20H28N6O2S. The lowest BCUT2D eigenvalue weighted by Crippen LogP contribution is -2.39. The van der Waals surface area contributed by atoms with Crippen LogP contribution in [0.15, 0.2) is 29.3 Å². The van der Waals surface area contributed by atoms with E-state index in [0.717, 1.165) is 56.1 Å². The molecular weight excluding hydrogens is 388 g/mol. The number of hydrogen-bond donors (Lipinski definition) is 2. The summed E-state index contributed by atoms with van der Waals surface area (Å²) in [4.78, 5) is 15.7. The molecule has 2 N–H and O–H groups in total. The molecule has 2 aromatic heterocycles. The Kier molecular flexibility index (Phi) is 5.69. The van der Waals surface area contributed by atoms with E-state index in [2.05, 4.69) is 29.9 Å². The van der Waals surface area contributed by atoms with Crippen LogP contribution in [0.5, 0.6) is 0 Å². The maximum Gasteiger partial charge on any atom is 0.242 e. The Labute approximate surface area is 172 Å². The number of sulfonamides is 1. The minimum atomic E-state index is -3.47. The third-order valence-electron chi connectivity index (χ3n) is 5.43. The summed E-state index contributed by atoms with van der Waals surface area (Å²) in [5, 5.41) is 3.43. The van der Waals surface area contributed by atoms with Crippen molar-refractivity contribution < 1.29 is 8.42 Å². The molecule has 29 heavy (non-hydrogen) atoms. The van der Waals surface area contributed by atoms with Gasteiger partial charge in [-0.1, -0.05) is 0 Å². The smallest absolute Gasteiger partial charge is 0.242 e. The second-order valence-corrected chi connectivity index (χ2v) is 9.76. The average Bonchev–Trinajstić information content (AvgIpc) is 3.51. The summed E-state index contributed by atoms with van der Waals surface area (Å²) < 4.78 is 27.3. The number of aryl methyl sites for hydroxylation is 2. The van der Waals surface area contributed by atoms with Crippen molar-refractivity contribution in [2.24, 2.45) is 5.92 Å². The highest BCUT2D eigenvalue weighted by atomic mass is 32.2. The summed E-state index contributed by atoms with van der Waals surface area (Å²) in [6.45, 7) is 6.24. The Morgan fingerprint density at radius 1 is 1.10 bits per heavy atom. The van der Waals surface area contributed by atoms with E-state index >= 15 is 0 Å². The Morgan fingerprint density at radius 3 is 2.48 bits per heavy atom. The molecule has 0 bridgehead atoms. The standard InChI is InChI=1S/C20H28N6O2S/c1-14-11-20(24-15(2)23-14)26-9-7-17(8-10-26)25-19-6-5-18(13-21-19)29(27,28)22-12-16-3-4-16/h5-6,11,13,16-17,22H,3-4,7-10,12H2,1-2H3,(H,21,25). The molecule has 1 saturated carbocycles. The zero-order chi connectivity index (χ0) is 20.4. The van der Waals surface area contributed by atoms with E-state index in [1.165, 1.54) is 6.20 Å². The van der Waals surface area contributed by atoms with Gasteiger partial charge >= 0.3 is 0 Å². The summed E-state index contributed by atoms with van der Waals surface area (Å²) in [5.41, 5.74) is 0.985. The fourth-order valence-electron chi connectivity index (χ4n) is 3.58. The summed E-state index contributed by atoms with van der Waals surface area (Å²) in [6, 6.07) is 5.69. The monoisotopic (exact) mass is 416 g/mol. The van der Waals surface area contributed by atoms with E-state index < -0.39 is 10.0 Å². The van der Waals surface area contributed by atoms with Gasteiger partial charge in [-0.15, -0.1) is 0 Å². The normalized spacial score (nSPS) is 18.1. The number of piperidine rings is 1. The molecule has 9 heteroatoms. The van der Waals surface area contributed by atoms with Gasteiger partial charge < -0.3 is 10.2 Å². The molecule has 2 aliphatic rings. The second-order valence-electron chi connectivity index (χ2n) is 7.99. The molecule has 0 radical (unpaired) electrons. The van der Waals surface area contributed by atoms with Crippen LogP contribution in [0.4, 0.5) is 11.6 Å². The summed E-state index contributed by atoms with van der Waals surface area (Å²) in [5.74, 6) is 2.99. The number of rotatable bonds is 7. The number of nitrogens with zero attached hydrogens (tertiary/aromatic N) is 4. The number of hydrogen-bond acceptors (Lipinski definition) is 7. The predicted molar refractivity (Wildman–Crippen MR) is 113 cm³/mol. The maximum atomic E-state index is 12.3. The van der Waals surface area contributed by atoms with Crippen LogP contribution in [0.2, 0.25) is 0 Å². The van der Waals surface area contributed by atoms with Crippen LogP contribution in [0.3, 0.4) is 0 Å². The van der Waals surface area contributed by atoms with Gasteiger partial charge in [0.15, 0.2) is 0 Å². The van der Waals surface area contributed by atoms with Gasteiger partial charge in [0, 0.05) is 43.6 Å². The molecule has 3 heterocycles. The number of anilines is 2. The van der Waals surface area contributed by atoms with Crippen LogP contribution in [-0.2, 0) is 10.0 Å². The minimum absolute atomic E-state index is 0.216. The molecule has 0 spiro atoms. The van der Waals surface area contributed by atoms with E-state index in [1.807, 2.05) is 19.9 Å². The fraction of sp³-hybridized carbons (Fsp3) is 0.550. The van der Waals surface area contributed by atoms with E-state index in [-0.39, 0.29) is 4.90 Å². The van der Waals surface area contributed by atoms with E-state index in [0.29, 0.717) is 24.3 Å². The van der Waals surface area contributed by atoms with Crippen molar-refractivity contribution in [2.75, 3.05) is 29.9 Å². The van der Waals surface area contributed by atoms with Gasteiger partial charge in [0.25, 0.3) is 0 Å². The van der Waals surface area contributed by atoms with Gasteiger partial charge in [-0.25, -0.2) is 28.1 Å². The lowest BCUT2D eigenvalue weighted by Gasteiger charge is -2.33. The number of aromatic nitrogens is 3. The van der Waals surface area contributed by atoms with Crippen LogP contribution in [0, 0.1) is 19.8 Å². The first kappa shape index (κ1) is 20.0. The molecule has 0 unspecified atom stereocenters. The first-order valence-corrected chi connectivity index (χ1v) is 11.7. The number of pyridine rings is 1. The Hall–Kier alpha value is -2.26. The van der Waals surface area contributed by atoms with Crippen molar-refractivity contribution in [3.8, 4) is 0 Å². The van der Waals surface area contributed by atoms with Crippen molar-refractivity contribution >= 4 is 21.7 Å². The molecule has 0 aromatic carbocycles. The molecule has 4 rings (SSSR count). The Balaban J connectivity index is 1.31. The van der Waals surface area contributed by atoms with Crippen molar-refractivity contribution in [1.29, 1.82) is 0 Å². The molecule has 8 nitrogen and oxygen atoms in total. The van der Waals surface area contributed by atoms with Gasteiger partial charge in [0.05, 0.1) is 0 Å². The minimum Gasteiger partial charge on any atom is -0.367 e. The fourth-order valence-corrected chi connectivity index (χ4v) is 4.64. The zero-order valence-corrected chi connectivity index (χ0v) is 17.7. The van der Waals surface area contributed by atoms with Gasteiger partial charge in [-0.2, -0.15) is 0 Å². The predicted octanol–water partition coefficient (Wildman–Crippen LogP) is 2.26. The lowest BCUT2D eigenvalue weighted by molar-refractivity contribution is 0.521. The van der Waals surface area contributed by atoms with Crippen LogP contribution in [0.25, 0.3) is 0 Å². The average molecular weight is 417 g/mol. The second kappa shape index (κ2) is 8.23. The zero-order valence-electron chi connectivity index (χ0n) is 16.9. The molecule has 1 aliphatic carbocycles. The van der Waals surface area contributed by atoms with Crippen LogP contribution in [0.1, 0.15) is 37.2 Å². The number of nitrogens with one attached hydrogen (secondary N) is 2. The van der Waals surface area contributed by atoms with Gasteiger partial charge in [-0.05, 0) is 57.6 Å². The molecule has 1 aliphatic heterocycles. The molecule has 2 fully saturated rings. The summed E-state index contributed by atoms with van der Waals surface area (Å²) in [7, 11) is -3.47. The first-order valence-electron chi connectivity index (χ1n) is 10.2. The third kappa shape index (κ3) is 5.22. The Morgan fingerprint density at radius 2 is 1.86 bits per heavy atom. The molecule has 0 amide bonds. The quantitative estimate of drug-likeness (QED) is 0.714. The highest BCUT2D eigenvalue weighted by Crippen LogP contribution is 2.28. The molecule has 2 aromatic rings. The van der Waals surface area contributed by atoms with Gasteiger partial charge in [0.1, 0.15) is 22.4 Å². The van der Waals surface area contributed by atoms with Crippen LogP contribution in [-0.4, -0.2) is 49.0 Å². The van der Waals surface area contributed by atoms with Crippen LogP contribution < -0.4 is 14.9 Å². The van der Waals surface area contributed by atoms with Gasteiger partial charge in [-0.3, -0.25) is 0 Å². The highest BCUT2D eigenvalue weighted by Gasteiger charge is 2.25. The van der Waals surface area contributed by atoms with Crippen molar-refractivity contribution in [2.45, 2.75) is 50.5 Å². The molecule has 156 valence electrons. The van der Waals surface area contributed by atoms with E-state index in [1.54, 1.807) is 12.1 Å². The summed E-state index contributed by atoms with van der Waals surface area (Å²) >= 11 is 0. The van der Waals surface area contributed by atoms with Crippen molar-refractivity contribution in [3.05, 3.63) is 35.9 Å². The summed E-state index contributed by atoms with van der Waals surface area (Å²) in [6.07, 6.45) is 5.58. The SMILES string of the molecule is Cc1cc(N2CCC(Nc3ccc(S(=O)(=O)NCC4CC4)cn3)CC2)nc(C)n1. The van der Waals surface area contributed by atoms with E-state index in [4.69, 9.17) is 0 Å². The van der Waals surface area contributed by atoms with E-state index in [9.17, 15) is 8.42 Å². The molecule has 1 saturated heterocycles. The Bertz CT molecular complexity index is 931. The first-order chi connectivity index (χ1) is 13.9.